The highest BCUT2D eigenvalue weighted by Gasteiger charge is 2.49. The molecule has 0 aromatic heterocycles. The average Bonchev–Trinajstić information content (AvgIpc) is 2.88. The number of carbonyl (C=O) groups excluding carboxylic acids is 2. The van der Waals surface area contributed by atoms with Crippen LogP contribution in [0.2, 0.25) is 0 Å². The Kier molecular flexibility index (Phi) is 8.00. The van der Waals surface area contributed by atoms with E-state index in [2.05, 4.69) is 15.9 Å². The van der Waals surface area contributed by atoms with Crippen molar-refractivity contribution in [3.8, 4) is 11.5 Å². The zero-order valence-corrected chi connectivity index (χ0v) is 26.5. The van der Waals surface area contributed by atoms with Gasteiger partial charge in [0.2, 0.25) is 5.75 Å². The Morgan fingerprint density at radius 3 is 1.98 bits per heavy atom. The first-order valence-corrected chi connectivity index (χ1v) is 14.9. The molecule has 0 spiro atoms. The highest BCUT2D eigenvalue weighted by molar-refractivity contribution is 9.10. The van der Waals surface area contributed by atoms with Gasteiger partial charge in [-0.05, 0) is 69.4 Å². The lowest BCUT2D eigenvalue weighted by Gasteiger charge is -2.48. The SMILES string of the molecule is CC1(C)CC(=O)C2=C(C1)N(CC(=O)O)C1=C(C(=O)CC(C)(C)C1)C2c1ccc(Oc2ccc(C(F)(F)F)cc2[N+](=O)[O-])c(Br)c1. The summed E-state index contributed by atoms with van der Waals surface area (Å²) in [5.41, 5.74) is -0.554. The summed E-state index contributed by atoms with van der Waals surface area (Å²) in [7, 11) is 0. The molecule has 238 valence electrons. The fraction of sp³-hybridized carbons (Fsp3) is 0.406. The van der Waals surface area contributed by atoms with E-state index in [4.69, 9.17) is 4.74 Å². The van der Waals surface area contributed by atoms with Crippen LogP contribution in [0.4, 0.5) is 18.9 Å². The number of benzene rings is 2. The number of nitrogens with zero attached hydrogens (tertiary/aromatic N) is 2. The first-order chi connectivity index (χ1) is 20.8. The molecule has 45 heavy (non-hydrogen) atoms. The number of carboxylic acid groups (broad SMARTS) is 1. The molecule has 2 aromatic carbocycles. The molecule has 2 aliphatic carbocycles. The molecule has 9 nitrogen and oxygen atoms in total. The van der Waals surface area contributed by atoms with Crippen LogP contribution >= 0.6 is 15.9 Å². The van der Waals surface area contributed by atoms with E-state index in [1.54, 1.807) is 17.0 Å². The molecule has 0 amide bonds. The van der Waals surface area contributed by atoms with Crippen molar-refractivity contribution in [3.63, 3.8) is 0 Å². The maximum Gasteiger partial charge on any atom is 0.416 e. The molecule has 0 bridgehead atoms. The summed E-state index contributed by atoms with van der Waals surface area (Å²) in [5.74, 6) is -2.63. The van der Waals surface area contributed by atoms with E-state index in [1.165, 1.54) is 6.07 Å². The van der Waals surface area contributed by atoms with Crippen LogP contribution in [0.25, 0.3) is 0 Å². The topological polar surface area (TPSA) is 127 Å². The summed E-state index contributed by atoms with van der Waals surface area (Å²) < 4.78 is 45.5. The number of ether oxygens (including phenoxy) is 1. The van der Waals surface area contributed by atoms with Crippen molar-refractivity contribution in [2.45, 2.75) is 65.5 Å². The van der Waals surface area contributed by atoms with Gasteiger partial charge in [0, 0.05) is 47.4 Å². The van der Waals surface area contributed by atoms with Crippen molar-refractivity contribution in [3.05, 3.63) is 84.7 Å². The van der Waals surface area contributed by atoms with Gasteiger partial charge in [-0.3, -0.25) is 24.5 Å². The predicted molar refractivity (Wildman–Crippen MR) is 159 cm³/mol. The van der Waals surface area contributed by atoms with Gasteiger partial charge >= 0.3 is 17.8 Å². The minimum atomic E-state index is -4.79. The number of allylic oxidation sites excluding steroid dienone is 4. The Morgan fingerprint density at radius 2 is 1.51 bits per heavy atom. The molecular formula is C32H30BrF3N2O7. The molecule has 13 heteroatoms. The first-order valence-electron chi connectivity index (χ1n) is 14.1. The lowest BCUT2D eigenvalue weighted by atomic mass is 9.63. The largest absolute Gasteiger partial charge is 0.480 e. The van der Waals surface area contributed by atoms with Crippen LogP contribution in [-0.2, 0) is 20.6 Å². The molecule has 2 aromatic rings. The minimum Gasteiger partial charge on any atom is -0.480 e. The fourth-order valence-electron chi connectivity index (χ4n) is 6.53. The molecule has 0 atom stereocenters. The number of rotatable bonds is 6. The molecule has 0 saturated carbocycles. The van der Waals surface area contributed by atoms with Crippen LogP contribution in [-0.4, -0.2) is 39.0 Å². The predicted octanol–water partition coefficient (Wildman–Crippen LogP) is 7.94. The van der Waals surface area contributed by atoms with Gasteiger partial charge in [0.25, 0.3) is 0 Å². The second-order valence-electron chi connectivity index (χ2n) is 13.2. The number of carboxylic acids is 1. The van der Waals surface area contributed by atoms with E-state index in [0.717, 1.165) is 6.07 Å². The van der Waals surface area contributed by atoms with Gasteiger partial charge in [-0.1, -0.05) is 33.8 Å². The summed E-state index contributed by atoms with van der Waals surface area (Å²) in [4.78, 5) is 51.9. The maximum absolute atomic E-state index is 13.8. The second-order valence-corrected chi connectivity index (χ2v) is 14.1. The fourth-order valence-corrected chi connectivity index (χ4v) is 7.01. The zero-order chi connectivity index (χ0) is 33.2. The van der Waals surface area contributed by atoms with Crippen LogP contribution in [0.5, 0.6) is 11.5 Å². The molecule has 1 aliphatic heterocycles. The van der Waals surface area contributed by atoms with Crippen LogP contribution in [0, 0.1) is 20.9 Å². The molecule has 0 radical (unpaired) electrons. The van der Waals surface area contributed by atoms with Crippen molar-refractivity contribution in [2.75, 3.05) is 6.54 Å². The third-order valence-electron chi connectivity index (χ3n) is 8.31. The number of carbonyl (C=O) groups is 3. The summed E-state index contributed by atoms with van der Waals surface area (Å²) in [6.07, 6.45) is -3.55. The average molecular weight is 691 g/mol. The molecular weight excluding hydrogens is 661 g/mol. The first kappa shape index (κ1) is 32.4. The van der Waals surface area contributed by atoms with Gasteiger partial charge < -0.3 is 14.7 Å². The van der Waals surface area contributed by atoms with Crippen molar-refractivity contribution >= 4 is 39.2 Å². The van der Waals surface area contributed by atoms with Gasteiger partial charge in [0.05, 0.1) is 15.0 Å². The quantitative estimate of drug-likeness (QED) is 0.239. The van der Waals surface area contributed by atoms with Crippen LogP contribution in [0.15, 0.2) is 63.4 Å². The molecule has 1 N–H and O–H groups in total. The molecule has 3 aliphatic rings. The molecule has 1 heterocycles. The van der Waals surface area contributed by atoms with E-state index < -0.39 is 57.4 Å². The van der Waals surface area contributed by atoms with Gasteiger partial charge in [0.15, 0.2) is 11.6 Å². The monoisotopic (exact) mass is 690 g/mol. The normalized spacial score (nSPS) is 19.8. The van der Waals surface area contributed by atoms with Crippen molar-refractivity contribution in [2.24, 2.45) is 10.8 Å². The van der Waals surface area contributed by atoms with Gasteiger partial charge in [0.1, 0.15) is 12.3 Å². The smallest absolute Gasteiger partial charge is 0.416 e. The van der Waals surface area contributed by atoms with Crippen LogP contribution in [0.1, 0.15) is 70.4 Å². The highest BCUT2D eigenvalue weighted by atomic mass is 79.9. The molecule has 0 fully saturated rings. The van der Waals surface area contributed by atoms with Crippen LogP contribution < -0.4 is 4.74 Å². The standard InChI is InChI=1S/C32H30BrF3N2O7/c1-30(2)11-20-28(22(39)13-30)27(29-21(37(20)15-26(41)42)12-31(3,4)14-23(29)40)16-5-7-24(18(33)9-16)45-25-8-6-17(32(34,35)36)10-19(25)38(43)44/h5-10,27H,11-15H2,1-4H3,(H,41,42). The van der Waals surface area contributed by atoms with Gasteiger partial charge in [-0.15, -0.1) is 0 Å². The summed E-state index contributed by atoms with van der Waals surface area (Å²) >= 11 is 3.40. The number of nitro groups is 1. The van der Waals surface area contributed by atoms with Crippen LogP contribution in [0.3, 0.4) is 0 Å². The molecule has 0 unspecified atom stereocenters. The minimum absolute atomic E-state index is 0.0561. The second kappa shape index (κ2) is 11.1. The Bertz CT molecular complexity index is 1670. The Labute approximate surface area is 265 Å². The van der Waals surface area contributed by atoms with Crippen molar-refractivity contribution in [1.29, 1.82) is 0 Å². The molecule has 0 saturated heterocycles. The number of hydrogen-bond acceptors (Lipinski definition) is 7. The third kappa shape index (κ3) is 6.27. The number of alkyl halides is 3. The number of halogens is 4. The maximum atomic E-state index is 13.8. The Balaban J connectivity index is 1.63. The number of ketones is 2. The zero-order valence-electron chi connectivity index (χ0n) is 24.9. The van der Waals surface area contributed by atoms with E-state index in [0.29, 0.717) is 53.1 Å². The Hall–Kier alpha value is -4.00. The number of hydrogen-bond donors (Lipinski definition) is 1. The van der Waals surface area contributed by atoms with Gasteiger partial charge in [-0.25, -0.2) is 0 Å². The highest BCUT2D eigenvalue weighted by Crippen LogP contribution is 2.55. The lowest BCUT2D eigenvalue weighted by Crippen LogP contribution is -2.45. The number of aliphatic carboxylic acids is 1. The summed E-state index contributed by atoms with van der Waals surface area (Å²) in [6, 6.07) is 6.62. The number of nitro benzene ring substituents is 1. The Morgan fingerprint density at radius 1 is 0.978 bits per heavy atom. The van der Waals surface area contributed by atoms with E-state index in [-0.39, 0.29) is 34.6 Å². The van der Waals surface area contributed by atoms with Gasteiger partial charge in [-0.2, -0.15) is 13.2 Å². The third-order valence-corrected chi connectivity index (χ3v) is 8.93. The summed E-state index contributed by atoms with van der Waals surface area (Å²) in [6.45, 7) is 7.34. The van der Waals surface area contributed by atoms with Crippen molar-refractivity contribution < 1.29 is 42.3 Å². The lowest BCUT2D eigenvalue weighted by molar-refractivity contribution is -0.385. The van der Waals surface area contributed by atoms with Crippen molar-refractivity contribution in [1.82, 2.24) is 4.90 Å². The van der Waals surface area contributed by atoms with E-state index in [1.807, 2.05) is 27.7 Å². The number of Topliss-reactive ketones (excluding diaryl/α,β-unsaturated/α-hetero) is 2. The summed E-state index contributed by atoms with van der Waals surface area (Å²) in [5, 5.41) is 21.4. The molecule has 5 rings (SSSR count). The van der Waals surface area contributed by atoms with E-state index in [9.17, 15) is 42.8 Å². The van der Waals surface area contributed by atoms with E-state index >= 15 is 0 Å².